The molecule has 0 atom stereocenters. The molecule has 1 heterocycles. The van der Waals surface area contributed by atoms with Crippen molar-refractivity contribution in [1.29, 1.82) is 0 Å². The fraction of sp³-hybridized carbons (Fsp3) is 0.0909. The van der Waals surface area contributed by atoms with Gasteiger partial charge in [0, 0.05) is 12.2 Å². The van der Waals surface area contributed by atoms with E-state index in [9.17, 15) is 9.59 Å². The molecule has 0 aliphatic carbocycles. The number of rotatable bonds is 4. The van der Waals surface area contributed by atoms with Gasteiger partial charge in [-0.3, -0.25) is 4.79 Å². The second kappa shape index (κ2) is 7.93. The van der Waals surface area contributed by atoms with Crippen LogP contribution in [-0.4, -0.2) is 19.0 Å². The lowest BCUT2D eigenvalue weighted by Gasteiger charge is -2.11. The van der Waals surface area contributed by atoms with Crippen molar-refractivity contribution in [2.45, 2.75) is 6.54 Å². The normalized spacial score (nSPS) is 11.8. The molecule has 3 aromatic carbocycles. The van der Waals surface area contributed by atoms with E-state index in [4.69, 9.17) is 9.47 Å². The van der Waals surface area contributed by atoms with Crippen molar-refractivity contribution in [3.05, 3.63) is 77.9 Å². The van der Waals surface area contributed by atoms with Gasteiger partial charge >= 0.3 is 6.03 Å². The zero-order valence-electron chi connectivity index (χ0n) is 15.7. The molecule has 3 N–H and O–H groups in total. The SMILES string of the molecule is COc1ccc(CNC(=O)Nc2ccc3c(c2)C(=O)Nc2ccccc2O3)cc1. The van der Waals surface area contributed by atoms with Crippen LogP contribution in [0.25, 0.3) is 0 Å². The summed E-state index contributed by atoms with van der Waals surface area (Å²) in [6.07, 6.45) is 0. The van der Waals surface area contributed by atoms with Gasteiger partial charge in [0.2, 0.25) is 0 Å². The molecule has 4 rings (SSSR count). The van der Waals surface area contributed by atoms with Crippen molar-refractivity contribution >= 4 is 23.3 Å². The minimum absolute atomic E-state index is 0.299. The van der Waals surface area contributed by atoms with Crippen LogP contribution in [0.3, 0.4) is 0 Å². The molecule has 3 amide bonds. The number of amides is 3. The van der Waals surface area contributed by atoms with Gasteiger partial charge in [-0.25, -0.2) is 4.79 Å². The molecule has 7 nitrogen and oxygen atoms in total. The topological polar surface area (TPSA) is 88.7 Å². The van der Waals surface area contributed by atoms with Crippen molar-refractivity contribution in [3.63, 3.8) is 0 Å². The van der Waals surface area contributed by atoms with Gasteiger partial charge in [-0.05, 0) is 48.0 Å². The predicted molar refractivity (Wildman–Crippen MR) is 110 cm³/mol. The molecule has 0 saturated carbocycles. The number of fused-ring (bicyclic) bond motifs is 2. The molecule has 1 aliphatic heterocycles. The van der Waals surface area contributed by atoms with E-state index in [1.165, 1.54) is 0 Å². The molecule has 146 valence electrons. The second-order valence-electron chi connectivity index (χ2n) is 6.42. The minimum Gasteiger partial charge on any atom is -0.497 e. The van der Waals surface area contributed by atoms with Crippen molar-refractivity contribution in [3.8, 4) is 17.2 Å². The van der Waals surface area contributed by atoms with Crippen LogP contribution < -0.4 is 25.4 Å². The Hall–Kier alpha value is -4.00. The third kappa shape index (κ3) is 4.14. The van der Waals surface area contributed by atoms with Crippen LogP contribution in [0.4, 0.5) is 16.2 Å². The van der Waals surface area contributed by atoms with E-state index >= 15 is 0 Å². The lowest BCUT2D eigenvalue weighted by molar-refractivity contribution is 0.102. The maximum absolute atomic E-state index is 12.5. The van der Waals surface area contributed by atoms with Gasteiger partial charge in [0.1, 0.15) is 11.5 Å². The highest BCUT2D eigenvalue weighted by molar-refractivity contribution is 6.08. The van der Waals surface area contributed by atoms with Crippen molar-refractivity contribution < 1.29 is 19.1 Å². The molecule has 3 aromatic rings. The third-order valence-corrected chi connectivity index (χ3v) is 4.45. The summed E-state index contributed by atoms with van der Waals surface area (Å²) in [5, 5.41) is 8.33. The number of hydrogen-bond acceptors (Lipinski definition) is 4. The summed E-state index contributed by atoms with van der Waals surface area (Å²) >= 11 is 0. The van der Waals surface area contributed by atoms with Gasteiger partial charge in [0.25, 0.3) is 5.91 Å². The Bertz CT molecular complexity index is 1060. The number of anilines is 2. The number of benzene rings is 3. The highest BCUT2D eigenvalue weighted by Crippen LogP contribution is 2.36. The van der Waals surface area contributed by atoms with Crippen LogP contribution in [0.2, 0.25) is 0 Å². The number of nitrogens with one attached hydrogen (secondary N) is 3. The number of hydrogen-bond donors (Lipinski definition) is 3. The first-order valence-corrected chi connectivity index (χ1v) is 9.02. The van der Waals surface area contributed by atoms with Gasteiger partial charge in [0.05, 0.1) is 18.4 Å². The van der Waals surface area contributed by atoms with E-state index in [2.05, 4.69) is 16.0 Å². The molecule has 1 aliphatic rings. The Balaban J connectivity index is 1.43. The molecule has 0 saturated heterocycles. The quantitative estimate of drug-likeness (QED) is 0.618. The summed E-state index contributed by atoms with van der Waals surface area (Å²) in [6, 6.07) is 19.2. The summed E-state index contributed by atoms with van der Waals surface area (Å²) in [6.45, 7) is 0.361. The lowest BCUT2D eigenvalue weighted by Crippen LogP contribution is -2.28. The highest BCUT2D eigenvalue weighted by atomic mass is 16.5. The van der Waals surface area contributed by atoms with E-state index in [0.717, 1.165) is 11.3 Å². The Morgan fingerprint density at radius 2 is 1.83 bits per heavy atom. The molecule has 0 fully saturated rings. The van der Waals surface area contributed by atoms with E-state index in [1.807, 2.05) is 36.4 Å². The van der Waals surface area contributed by atoms with Crippen LogP contribution in [-0.2, 0) is 6.54 Å². The predicted octanol–water partition coefficient (Wildman–Crippen LogP) is 4.37. The third-order valence-electron chi connectivity index (χ3n) is 4.45. The standard InChI is InChI=1S/C22H19N3O4/c1-28-16-9-6-14(7-10-16)13-23-22(27)24-15-8-11-19-17(12-15)21(26)25-18-4-2-3-5-20(18)29-19/h2-12H,13H2,1H3,(H,25,26)(H2,23,24,27). The average Bonchev–Trinajstić information content (AvgIpc) is 2.88. The Morgan fingerprint density at radius 1 is 1.03 bits per heavy atom. The molecule has 29 heavy (non-hydrogen) atoms. The number of methoxy groups -OCH3 is 1. The smallest absolute Gasteiger partial charge is 0.319 e. The summed E-state index contributed by atoms with van der Waals surface area (Å²) in [5.41, 5.74) is 2.36. The van der Waals surface area contributed by atoms with Gasteiger partial charge in [-0.1, -0.05) is 24.3 Å². The molecule has 0 bridgehead atoms. The number of para-hydroxylation sites is 2. The fourth-order valence-electron chi connectivity index (χ4n) is 2.94. The lowest BCUT2D eigenvalue weighted by atomic mass is 10.1. The van der Waals surface area contributed by atoms with Gasteiger partial charge in [-0.2, -0.15) is 0 Å². The summed E-state index contributed by atoms with van der Waals surface area (Å²) in [7, 11) is 1.60. The zero-order valence-corrected chi connectivity index (χ0v) is 15.7. The monoisotopic (exact) mass is 389 g/mol. The van der Waals surface area contributed by atoms with Crippen molar-refractivity contribution in [2.24, 2.45) is 0 Å². The molecule has 0 spiro atoms. The van der Waals surface area contributed by atoms with Crippen LogP contribution in [0.5, 0.6) is 17.2 Å². The van der Waals surface area contributed by atoms with Crippen LogP contribution >= 0.6 is 0 Å². The molecule has 0 radical (unpaired) electrons. The van der Waals surface area contributed by atoms with E-state index in [1.54, 1.807) is 37.4 Å². The summed E-state index contributed by atoms with van der Waals surface area (Å²) < 4.78 is 10.9. The average molecular weight is 389 g/mol. The van der Waals surface area contributed by atoms with Crippen LogP contribution in [0.15, 0.2) is 66.7 Å². The summed E-state index contributed by atoms with van der Waals surface area (Å²) in [5.74, 6) is 1.45. The van der Waals surface area contributed by atoms with Gasteiger partial charge in [0.15, 0.2) is 5.75 Å². The molecule has 0 aromatic heterocycles. The maximum atomic E-state index is 12.5. The van der Waals surface area contributed by atoms with E-state index in [0.29, 0.717) is 35.0 Å². The Kier molecular flexibility index (Phi) is 5.03. The van der Waals surface area contributed by atoms with Crippen molar-refractivity contribution in [1.82, 2.24) is 5.32 Å². The van der Waals surface area contributed by atoms with Crippen molar-refractivity contribution in [2.75, 3.05) is 17.7 Å². The van der Waals surface area contributed by atoms with E-state index in [-0.39, 0.29) is 11.9 Å². The van der Waals surface area contributed by atoms with Crippen LogP contribution in [0.1, 0.15) is 15.9 Å². The molecule has 7 heteroatoms. The molecular formula is C22H19N3O4. The Morgan fingerprint density at radius 3 is 2.62 bits per heavy atom. The Labute approximate surface area is 167 Å². The molecule has 0 unspecified atom stereocenters. The summed E-state index contributed by atoms with van der Waals surface area (Å²) in [4.78, 5) is 24.8. The highest BCUT2D eigenvalue weighted by Gasteiger charge is 2.21. The number of urea groups is 1. The minimum atomic E-state index is -0.376. The maximum Gasteiger partial charge on any atom is 0.319 e. The molecular weight excluding hydrogens is 370 g/mol. The fourth-order valence-corrected chi connectivity index (χ4v) is 2.94. The second-order valence-corrected chi connectivity index (χ2v) is 6.42. The van der Waals surface area contributed by atoms with Crippen LogP contribution in [0, 0.1) is 0 Å². The number of ether oxygens (including phenoxy) is 2. The first-order chi connectivity index (χ1) is 14.1. The van der Waals surface area contributed by atoms with E-state index < -0.39 is 0 Å². The zero-order chi connectivity index (χ0) is 20.2. The first-order valence-electron chi connectivity index (χ1n) is 9.02. The number of carbonyl (C=O) groups is 2. The van der Waals surface area contributed by atoms with Gasteiger partial charge in [-0.15, -0.1) is 0 Å². The number of carbonyl (C=O) groups excluding carboxylic acids is 2. The largest absolute Gasteiger partial charge is 0.497 e. The van der Waals surface area contributed by atoms with Gasteiger partial charge < -0.3 is 25.4 Å². The first kappa shape index (κ1) is 18.4.